The maximum absolute atomic E-state index is 11.8. The third-order valence-corrected chi connectivity index (χ3v) is 2.98. The van der Waals surface area contributed by atoms with Gasteiger partial charge in [0.2, 0.25) is 0 Å². The lowest BCUT2D eigenvalue weighted by Gasteiger charge is -2.25. The number of carbonyl (C=O) groups excluding carboxylic acids is 1. The molecule has 0 saturated heterocycles. The molecule has 0 aromatic carbocycles. The van der Waals surface area contributed by atoms with Gasteiger partial charge < -0.3 is 4.74 Å². The van der Waals surface area contributed by atoms with Gasteiger partial charge in [-0.1, -0.05) is 0 Å². The quantitative estimate of drug-likeness (QED) is 0.719. The molecule has 1 saturated carbocycles. The fourth-order valence-electron chi connectivity index (χ4n) is 1.89. The van der Waals surface area contributed by atoms with Crippen molar-refractivity contribution in [2.24, 2.45) is 0 Å². The van der Waals surface area contributed by atoms with Gasteiger partial charge in [0.25, 0.3) is 0 Å². The zero-order valence-corrected chi connectivity index (χ0v) is 9.59. The van der Waals surface area contributed by atoms with E-state index in [0.29, 0.717) is 6.04 Å². The Morgan fingerprint density at radius 3 is 2.62 bits per heavy atom. The minimum Gasteiger partial charge on any atom is -0.468 e. The highest BCUT2D eigenvalue weighted by Crippen LogP contribution is 2.33. The lowest BCUT2D eigenvalue weighted by atomic mass is 10.1. The molecule has 0 N–H and O–H groups in total. The topological polar surface area (TPSA) is 42.4 Å². The SMILES string of the molecule is COC(=O)C(c1ccncc1)N(C)C1CC1. The molecule has 0 amide bonds. The van der Waals surface area contributed by atoms with Crippen molar-refractivity contribution in [3.8, 4) is 0 Å². The zero-order valence-electron chi connectivity index (χ0n) is 9.59. The van der Waals surface area contributed by atoms with Gasteiger partial charge in [0.1, 0.15) is 6.04 Å². The van der Waals surface area contributed by atoms with Gasteiger partial charge in [0.15, 0.2) is 0 Å². The molecule has 0 aliphatic heterocycles. The molecule has 0 spiro atoms. The smallest absolute Gasteiger partial charge is 0.327 e. The Morgan fingerprint density at radius 1 is 1.50 bits per heavy atom. The number of rotatable bonds is 4. The Kier molecular flexibility index (Phi) is 3.19. The van der Waals surface area contributed by atoms with Gasteiger partial charge in [-0.2, -0.15) is 0 Å². The van der Waals surface area contributed by atoms with Crippen LogP contribution in [-0.4, -0.2) is 36.1 Å². The maximum atomic E-state index is 11.8. The first kappa shape index (κ1) is 11.1. The number of pyridine rings is 1. The Bertz CT molecular complexity index is 363. The summed E-state index contributed by atoms with van der Waals surface area (Å²) in [5.41, 5.74) is 0.941. The van der Waals surface area contributed by atoms with Crippen molar-refractivity contribution in [3.05, 3.63) is 30.1 Å². The predicted molar refractivity (Wildman–Crippen MR) is 59.8 cm³/mol. The van der Waals surface area contributed by atoms with Crippen LogP contribution in [0.4, 0.5) is 0 Å². The highest BCUT2D eigenvalue weighted by Gasteiger charge is 2.36. The molecule has 1 fully saturated rings. The van der Waals surface area contributed by atoms with Crippen molar-refractivity contribution >= 4 is 5.97 Å². The van der Waals surface area contributed by atoms with E-state index in [0.717, 1.165) is 18.4 Å². The molecule has 0 radical (unpaired) electrons. The number of hydrogen-bond acceptors (Lipinski definition) is 4. The van der Waals surface area contributed by atoms with Gasteiger partial charge in [0.05, 0.1) is 7.11 Å². The minimum absolute atomic E-state index is 0.208. The van der Waals surface area contributed by atoms with Crippen LogP contribution in [0.15, 0.2) is 24.5 Å². The van der Waals surface area contributed by atoms with Crippen LogP contribution in [0.5, 0.6) is 0 Å². The van der Waals surface area contributed by atoms with E-state index in [1.54, 1.807) is 12.4 Å². The fourth-order valence-corrected chi connectivity index (χ4v) is 1.89. The first-order valence-electron chi connectivity index (χ1n) is 5.43. The molecule has 1 unspecified atom stereocenters. The Balaban J connectivity index is 2.23. The Morgan fingerprint density at radius 2 is 2.12 bits per heavy atom. The maximum Gasteiger partial charge on any atom is 0.327 e. The second-order valence-corrected chi connectivity index (χ2v) is 4.10. The third-order valence-electron chi connectivity index (χ3n) is 2.98. The van der Waals surface area contributed by atoms with Crippen LogP contribution in [0, 0.1) is 0 Å². The van der Waals surface area contributed by atoms with Crippen LogP contribution in [0.1, 0.15) is 24.4 Å². The summed E-state index contributed by atoms with van der Waals surface area (Å²) in [6, 6.07) is 3.93. The van der Waals surface area contributed by atoms with Crippen LogP contribution in [0.25, 0.3) is 0 Å². The van der Waals surface area contributed by atoms with Crippen molar-refractivity contribution in [3.63, 3.8) is 0 Å². The van der Waals surface area contributed by atoms with Crippen molar-refractivity contribution in [2.45, 2.75) is 24.9 Å². The summed E-state index contributed by atoms with van der Waals surface area (Å²) in [5, 5.41) is 0. The van der Waals surface area contributed by atoms with Crippen LogP contribution in [0.3, 0.4) is 0 Å². The molecule has 86 valence electrons. The molecule has 4 heteroatoms. The van der Waals surface area contributed by atoms with E-state index in [1.807, 2.05) is 19.2 Å². The number of hydrogen-bond donors (Lipinski definition) is 0. The predicted octanol–water partition coefficient (Wildman–Crippen LogP) is 1.39. The van der Waals surface area contributed by atoms with E-state index >= 15 is 0 Å². The number of aromatic nitrogens is 1. The van der Waals surface area contributed by atoms with Gasteiger partial charge in [-0.25, -0.2) is 4.79 Å². The number of nitrogens with zero attached hydrogens (tertiary/aromatic N) is 2. The molecular formula is C12H16N2O2. The summed E-state index contributed by atoms with van der Waals surface area (Å²) in [5.74, 6) is -0.208. The average molecular weight is 220 g/mol. The second-order valence-electron chi connectivity index (χ2n) is 4.10. The van der Waals surface area contributed by atoms with Gasteiger partial charge >= 0.3 is 5.97 Å². The van der Waals surface area contributed by atoms with Crippen LogP contribution in [-0.2, 0) is 9.53 Å². The normalized spacial score (nSPS) is 17.2. The highest BCUT2D eigenvalue weighted by atomic mass is 16.5. The molecule has 1 aromatic heterocycles. The van der Waals surface area contributed by atoms with E-state index in [9.17, 15) is 4.79 Å². The van der Waals surface area contributed by atoms with Gasteiger partial charge in [0, 0.05) is 18.4 Å². The third kappa shape index (κ3) is 2.22. The number of methoxy groups -OCH3 is 1. The van der Waals surface area contributed by atoms with Gasteiger partial charge in [-0.05, 0) is 37.6 Å². The highest BCUT2D eigenvalue weighted by molar-refractivity contribution is 5.77. The molecule has 0 bridgehead atoms. The zero-order chi connectivity index (χ0) is 11.5. The number of likely N-dealkylation sites (N-methyl/N-ethyl adjacent to an activating group) is 1. The van der Waals surface area contributed by atoms with Crippen LogP contribution < -0.4 is 0 Å². The molecule has 1 aromatic rings. The molecule has 1 aliphatic rings. The van der Waals surface area contributed by atoms with Crippen molar-refractivity contribution in [2.75, 3.05) is 14.2 Å². The Labute approximate surface area is 95.2 Å². The van der Waals surface area contributed by atoms with E-state index in [-0.39, 0.29) is 12.0 Å². The molecule has 4 nitrogen and oxygen atoms in total. The lowest BCUT2D eigenvalue weighted by molar-refractivity contribution is -0.147. The molecule has 2 rings (SSSR count). The molecule has 1 aliphatic carbocycles. The van der Waals surface area contributed by atoms with Crippen molar-refractivity contribution < 1.29 is 9.53 Å². The first-order valence-corrected chi connectivity index (χ1v) is 5.43. The summed E-state index contributed by atoms with van der Waals surface area (Å²) in [6.07, 6.45) is 5.72. The average Bonchev–Trinajstić information content (AvgIpc) is 3.14. The molecule has 1 atom stereocenters. The lowest BCUT2D eigenvalue weighted by Crippen LogP contribution is -2.33. The molecular weight excluding hydrogens is 204 g/mol. The van der Waals surface area contributed by atoms with Gasteiger partial charge in [-0.15, -0.1) is 0 Å². The summed E-state index contributed by atoms with van der Waals surface area (Å²) in [4.78, 5) is 17.8. The van der Waals surface area contributed by atoms with Gasteiger partial charge in [-0.3, -0.25) is 9.88 Å². The van der Waals surface area contributed by atoms with Crippen molar-refractivity contribution in [1.29, 1.82) is 0 Å². The van der Waals surface area contributed by atoms with E-state index in [2.05, 4.69) is 9.88 Å². The van der Waals surface area contributed by atoms with E-state index < -0.39 is 0 Å². The molecule has 16 heavy (non-hydrogen) atoms. The number of esters is 1. The molecule has 1 heterocycles. The summed E-state index contributed by atoms with van der Waals surface area (Å²) in [7, 11) is 3.40. The fraction of sp³-hybridized carbons (Fsp3) is 0.500. The van der Waals surface area contributed by atoms with Crippen LogP contribution in [0.2, 0.25) is 0 Å². The second kappa shape index (κ2) is 4.61. The summed E-state index contributed by atoms with van der Waals surface area (Å²) in [6.45, 7) is 0. The number of carbonyl (C=O) groups is 1. The van der Waals surface area contributed by atoms with Crippen LogP contribution >= 0.6 is 0 Å². The first-order chi connectivity index (χ1) is 7.74. The largest absolute Gasteiger partial charge is 0.468 e. The minimum atomic E-state index is -0.305. The number of ether oxygens (including phenoxy) is 1. The Hall–Kier alpha value is -1.42. The monoisotopic (exact) mass is 220 g/mol. The van der Waals surface area contributed by atoms with Crippen molar-refractivity contribution in [1.82, 2.24) is 9.88 Å². The van der Waals surface area contributed by atoms with E-state index in [1.165, 1.54) is 7.11 Å². The summed E-state index contributed by atoms with van der Waals surface area (Å²) < 4.78 is 4.86. The van der Waals surface area contributed by atoms with E-state index in [4.69, 9.17) is 4.74 Å². The summed E-state index contributed by atoms with van der Waals surface area (Å²) >= 11 is 0. The standard InChI is InChI=1S/C12H16N2O2/c1-14(10-3-4-10)11(12(15)16-2)9-5-7-13-8-6-9/h5-8,10-11H,3-4H2,1-2H3.